The number of hydrogen-bond acceptors (Lipinski definition) is 2. The Kier molecular flexibility index (Phi) is 3.75. The van der Waals surface area contributed by atoms with Crippen LogP contribution in [0.15, 0.2) is 24.3 Å². The van der Waals surface area contributed by atoms with Crippen LogP contribution in [0.2, 0.25) is 0 Å². The predicted molar refractivity (Wildman–Crippen MR) is 63.6 cm³/mol. The van der Waals surface area contributed by atoms with Gasteiger partial charge in [-0.05, 0) is 49.4 Å². The number of nitrogens with one attached hydrogen (secondary N) is 1. The van der Waals surface area contributed by atoms with Gasteiger partial charge in [-0.15, -0.1) is 0 Å². The molecule has 2 rings (SSSR count). The van der Waals surface area contributed by atoms with Gasteiger partial charge in [0.15, 0.2) is 0 Å². The maximum absolute atomic E-state index is 5.58. The van der Waals surface area contributed by atoms with E-state index in [9.17, 15) is 0 Å². The first kappa shape index (κ1) is 10.7. The third kappa shape index (κ3) is 3.05. The fourth-order valence-corrected chi connectivity index (χ4v) is 2.23. The molecule has 0 radical (unpaired) electrons. The van der Waals surface area contributed by atoms with Crippen LogP contribution >= 0.6 is 0 Å². The van der Waals surface area contributed by atoms with E-state index in [0.29, 0.717) is 6.54 Å². The number of rotatable bonds is 3. The summed E-state index contributed by atoms with van der Waals surface area (Å²) in [7, 11) is 0. The zero-order valence-electron chi connectivity index (χ0n) is 9.21. The lowest BCUT2D eigenvalue weighted by Gasteiger charge is -2.22. The van der Waals surface area contributed by atoms with Crippen LogP contribution in [-0.2, 0) is 13.0 Å². The maximum atomic E-state index is 5.58. The van der Waals surface area contributed by atoms with Crippen molar-refractivity contribution in [3.63, 3.8) is 0 Å². The molecule has 1 aromatic carbocycles. The highest BCUT2D eigenvalue weighted by Crippen LogP contribution is 2.18. The smallest absolute Gasteiger partial charge is 0.0178 e. The Morgan fingerprint density at radius 1 is 1.07 bits per heavy atom. The molecule has 2 heteroatoms. The summed E-state index contributed by atoms with van der Waals surface area (Å²) in [5.74, 6) is 0.870. The SMILES string of the molecule is NCc1ccc(CC2CCNCC2)cc1. The summed E-state index contributed by atoms with van der Waals surface area (Å²) in [6.45, 7) is 3.02. The second kappa shape index (κ2) is 5.29. The van der Waals surface area contributed by atoms with Gasteiger partial charge in [0.05, 0.1) is 0 Å². The van der Waals surface area contributed by atoms with Crippen molar-refractivity contribution in [2.45, 2.75) is 25.8 Å². The minimum Gasteiger partial charge on any atom is -0.326 e. The molecule has 0 atom stereocenters. The molecular weight excluding hydrogens is 184 g/mol. The van der Waals surface area contributed by atoms with Crippen molar-refractivity contribution in [1.29, 1.82) is 0 Å². The van der Waals surface area contributed by atoms with Crippen LogP contribution in [-0.4, -0.2) is 13.1 Å². The van der Waals surface area contributed by atoms with Gasteiger partial charge in [-0.25, -0.2) is 0 Å². The highest BCUT2D eigenvalue weighted by molar-refractivity contribution is 5.22. The Morgan fingerprint density at radius 3 is 2.27 bits per heavy atom. The van der Waals surface area contributed by atoms with Crippen LogP contribution in [0.1, 0.15) is 24.0 Å². The average Bonchev–Trinajstić information content (AvgIpc) is 2.31. The fraction of sp³-hybridized carbons (Fsp3) is 0.538. The lowest BCUT2D eigenvalue weighted by molar-refractivity contribution is 0.372. The summed E-state index contributed by atoms with van der Waals surface area (Å²) in [5, 5.41) is 3.40. The molecule has 1 aliphatic heterocycles. The quantitative estimate of drug-likeness (QED) is 0.786. The summed E-state index contributed by atoms with van der Waals surface area (Å²) in [6, 6.07) is 8.75. The van der Waals surface area contributed by atoms with Crippen LogP contribution in [0.5, 0.6) is 0 Å². The van der Waals surface area contributed by atoms with E-state index in [1.165, 1.54) is 43.5 Å². The van der Waals surface area contributed by atoms with Gasteiger partial charge in [0.1, 0.15) is 0 Å². The molecule has 15 heavy (non-hydrogen) atoms. The molecule has 3 N–H and O–H groups in total. The van der Waals surface area contributed by atoms with E-state index in [4.69, 9.17) is 5.73 Å². The van der Waals surface area contributed by atoms with Gasteiger partial charge < -0.3 is 11.1 Å². The first-order valence-electron chi connectivity index (χ1n) is 5.87. The summed E-state index contributed by atoms with van der Waals surface area (Å²) in [5.41, 5.74) is 8.26. The van der Waals surface area contributed by atoms with Crippen molar-refractivity contribution in [1.82, 2.24) is 5.32 Å². The molecule has 1 aromatic rings. The highest BCUT2D eigenvalue weighted by Gasteiger charge is 2.12. The van der Waals surface area contributed by atoms with E-state index < -0.39 is 0 Å². The minimum atomic E-state index is 0.646. The number of piperidine rings is 1. The summed E-state index contributed by atoms with van der Waals surface area (Å²) in [6.07, 6.45) is 3.86. The van der Waals surface area contributed by atoms with E-state index in [-0.39, 0.29) is 0 Å². The standard InChI is InChI=1S/C13H20N2/c14-10-13-3-1-11(2-4-13)9-12-5-7-15-8-6-12/h1-4,12,15H,5-10,14H2. The summed E-state index contributed by atoms with van der Waals surface area (Å²) >= 11 is 0. The van der Waals surface area contributed by atoms with Crippen LogP contribution in [0.25, 0.3) is 0 Å². The molecule has 0 saturated carbocycles. The third-order valence-electron chi connectivity index (χ3n) is 3.24. The van der Waals surface area contributed by atoms with E-state index in [1.54, 1.807) is 0 Å². The lowest BCUT2D eigenvalue weighted by Crippen LogP contribution is -2.28. The van der Waals surface area contributed by atoms with Crippen LogP contribution < -0.4 is 11.1 Å². The van der Waals surface area contributed by atoms with E-state index >= 15 is 0 Å². The number of nitrogens with two attached hydrogens (primary N) is 1. The summed E-state index contributed by atoms with van der Waals surface area (Å²) in [4.78, 5) is 0. The van der Waals surface area contributed by atoms with Crippen LogP contribution in [0.4, 0.5) is 0 Å². The molecule has 82 valence electrons. The van der Waals surface area contributed by atoms with E-state index in [1.807, 2.05) is 0 Å². The molecule has 2 nitrogen and oxygen atoms in total. The average molecular weight is 204 g/mol. The fourth-order valence-electron chi connectivity index (χ4n) is 2.23. The molecule has 1 fully saturated rings. The number of hydrogen-bond donors (Lipinski definition) is 2. The zero-order valence-corrected chi connectivity index (χ0v) is 9.21. The maximum Gasteiger partial charge on any atom is 0.0178 e. The molecule has 0 amide bonds. The third-order valence-corrected chi connectivity index (χ3v) is 3.24. The molecular formula is C13H20N2. The van der Waals surface area contributed by atoms with E-state index in [2.05, 4.69) is 29.6 Å². The second-order valence-electron chi connectivity index (χ2n) is 4.42. The van der Waals surface area contributed by atoms with Crippen molar-refractivity contribution in [3.05, 3.63) is 35.4 Å². The Balaban J connectivity index is 1.91. The Morgan fingerprint density at radius 2 is 1.67 bits per heavy atom. The highest BCUT2D eigenvalue weighted by atomic mass is 14.9. The molecule has 0 aromatic heterocycles. The first-order chi connectivity index (χ1) is 7.38. The normalized spacial score (nSPS) is 17.9. The Bertz CT molecular complexity index is 286. The molecule has 0 aliphatic carbocycles. The topological polar surface area (TPSA) is 38.0 Å². The van der Waals surface area contributed by atoms with Gasteiger partial charge in [-0.3, -0.25) is 0 Å². The second-order valence-corrected chi connectivity index (χ2v) is 4.42. The minimum absolute atomic E-state index is 0.646. The van der Waals surface area contributed by atoms with E-state index in [0.717, 1.165) is 5.92 Å². The van der Waals surface area contributed by atoms with Crippen molar-refractivity contribution in [3.8, 4) is 0 Å². The predicted octanol–water partition coefficient (Wildman–Crippen LogP) is 1.69. The van der Waals surface area contributed by atoms with Crippen molar-refractivity contribution >= 4 is 0 Å². The van der Waals surface area contributed by atoms with Crippen molar-refractivity contribution in [2.24, 2.45) is 11.7 Å². The molecule has 1 heterocycles. The molecule has 0 bridgehead atoms. The van der Waals surface area contributed by atoms with Crippen molar-refractivity contribution in [2.75, 3.05) is 13.1 Å². The molecule has 1 saturated heterocycles. The molecule has 0 unspecified atom stereocenters. The molecule has 0 spiro atoms. The van der Waals surface area contributed by atoms with Gasteiger partial charge >= 0.3 is 0 Å². The monoisotopic (exact) mass is 204 g/mol. The Labute approximate surface area is 91.9 Å². The van der Waals surface area contributed by atoms with Gasteiger partial charge in [0.25, 0.3) is 0 Å². The number of benzene rings is 1. The first-order valence-corrected chi connectivity index (χ1v) is 5.87. The zero-order chi connectivity index (χ0) is 10.5. The van der Waals surface area contributed by atoms with Gasteiger partial charge in [-0.2, -0.15) is 0 Å². The van der Waals surface area contributed by atoms with Crippen molar-refractivity contribution < 1.29 is 0 Å². The molecule has 1 aliphatic rings. The summed E-state index contributed by atoms with van der Waals surface area (Å²) < 4.78 is 0. The largest absolute Gasteiger partial charge is 0.326 e. The van der Waals surface area contributed by atoms with Crippen LogP contribution in [0.3, 0.4) is 0 Å². The van der Waals surface area contributed by atoms with Gasteiger partial charge in [0, 0.05) is 6.54 Å². The van der Waals surface area contributed by atoms with Gasteiger partial charge in [0.2, 0.25) is 0 Å². The van der Waals surface area contributed by atoms with Gasteiger partial charge in [-0.1, -0.05) is 24.3 Å². The Hall–Kier alpha value is -0.860. The lowest BCUT2D eigenvalue weighted by atomic mass is 9.91. The van der Waals surface area contributed by atoms with Crippen LogP contribution in [0, 0.1) is 5.92 Å².